The average Bonchev–Trinajstić information content (AvgIpc) is 3.39. The third-order valence-corrected chi connectivity index (χ3v) is 16.2. The normalized spacial score (nSPS) is 12.2. The van der Waals surface area contributed by atoms with Gasteiger partial charge in [-0.2, -0.15) is 0 Å². The Labute approximate surface area is 468 Å². The minimum absolute atomic E-state index is 0.216. The maximum absolute atomic E-state index is 2.63. The zero-order valence-corrected chi connectivity index (χ0v) is 43.9. The molecule has 0 bridgehead atoms. The predicted molar refractivity (Wildman–Crippen MR) is 340 cm³/mol. The average molecular weight is 1020 g/mol. The fourth-order valence-corrected chi connectivity index (χ4v) is 12.4. The molecule has 2 heterocycles. The summed E-state index contributed by atoms with van der Waals surface area (Å²) in [6.07, 6.45) is 0. The van der Waals surface area contributed by atoms with Gasteiger partial charge in [0.1, 0.15) is 0 Å². The minimum atomic E-state index is -0.216. The molecule has 15 rings (SSSR count). The van der Waals surface area contributed by atoms with Gasteiger partial charge >= 0.3 is 6.85 Å². The van der Waals surface area contributed by atoms with Crippen LogP contribution in [0, 0.1) is 0 Å². The molecule has 0 saturated carbocycles. The quantitative estimate of drug-likeness (QED) is 0.126. The van der Waals surface area contributed by atoms with Gasteiger partial charge < -0.3 is 14.6 Å². The van der Waals surface area contributed by atoms with Gasteiger partial charge in [-0.1, -0.05) is 237 Å². The fraction of sp³-hybridized carbons (Fsp3) is 0. The maximum atomic E-state index is 2.63. The number of nitrogens with zero attached hydrogens (tertiary/aromatic N) is 3. The molecule has 0 saturated heterocycles. The summed E-state index contributed by atoms with van der Waals surface area (Å²) in [4.78, 5) is 7.62. The first-order chi connectivity index (χ1) is 39.7. The highest BCUT2D eigenvalue weighted by atomic mass is 15.2. The predicted octanol–water partition coefficient (Wildman–Crippen LogP) is 19.4. The van der Waals surface area contributed by atoms with Crippen LogP contribution in [0.25, 0.3) is 77.5 Å². The fourth-order valence-electron chi connectivity index (χ4n) is 12.4. The van der Waals surface area contributed by atoms with E-state index in [4.69, 9.17) is 0 Å². The van der Waals surface area contributed by atoms with Crippen molar-refractivity contribution in [3.05, 3.63) is 315 Å². The maximum Gasteiger partial charge on any atom is 0.333 e. The summed E-state index contributed by atoms with van der Waals surface area (Å²) in [5.74, 6) is 0. The number of rotatable bonds is 10. The van der Waals surface area contributed by atoms with Gasteiger partial charge in [0, 0.05) is 51.1 Å². The number of hydrogen-bond donors (Lipinski definition) is 0. The van der Waals surface area contributed by atoms with E-state index in [0.29, 0.717) is 0 Å². The van der Waals surface area contributed by atoms with Gasteiger partial charge in [0.25, 0.3) is 0 Å². The topological polar surface area (TPSA) is 9.72 Å². The Morgan fingerprint density at radius 2 is 0.700 bits per heavy atom. The molecule has 80 heavy (non-hydrogen) atoms. The Morgan fingerprint density at radius 3 is 1.25 bits per heavy atom. The van der Waals surface area contributed by atoms with Crippen molar-refractivity contribution in [1.82, 2.24) is 0 Å². The molecule has 0 spiro atoms. The Balaban J connectivity index is 1.01. The van der Waals surface area contributed by atoms with E-state index in [1.54, 1.807) is 0 Å². The van der Waals surface area contributed by atoms with Crippen LogP contribution in [0.1, 0.15) is 0 Å². The van der Waals surface area contributed by atoms with Crippen LogP contribution >= 0.6 is 0 Å². The van der Waals surface area contributed by atoms with E-state index in [0.717, 1.165) is 45.4 Å². The molecule has 374 valence electrons. The molecule has 0 unspecified atom stereocenters. The third-order valence-electron chi connectivity index (χ3n) is 16.2. The van der Waals surface area contributed by atoms with Gasteiger partial charge in [-0.05, 0) is 162 Å². The number of hydrogen-bond acceptors (Lipinski definition) is 3. The Morgan fingerprint density at radius 1 is 0.275 bits per heavy atom. The number of anilines is 8. The van der Waals surface area contributed by atoms with Crippen LogP contribution < -0.4 is 25.5 Å². The lowest BCUT2D eigenvalue weighted by Gasteiger charge is -2.46. The first-order valence-corrected chi connectivity index (χ1v) is 27.6. The van der Waals surface area contributed by atoms with Crippen LogP contribution in [0.5, 0.6) is 0 Å². The van der Waals surface area contributed by atoms with Gasteiger partial charge in [0.15, 0.2) is 0 Å². The van der Waals surface area contributed by atoms with Crippen LogP contribution in [0.4, 0.5) is 45.5 Å². The summed E-state index contributed by atoms with van der Waals surface area (Å²) in [5.41, 5.74) is 25.6. The van der Waals surface area contributed by atoms with Gasteiger partial charge in [0.2, 0.25) is 0 Å². The van der Waals surface area contributed by atoms with Crippen LogP contribution in [0.3, 0.4) is 0 Å². The van der Waals surface area contributed by atoms with Crippen molar-refractivity contribution in [2.24, 2.45) is 0 Å². The van der Waals surface area contributed by atoms with E-state index in [2.05, 4.69) is 330 Å². The standard InChI is InChI=1S/C76H52BN3/c1-6-20-53(21-7-1)58-36-41-64(42-37-58)78(65-43-38-59(39-44-65)54-22-8-2-9-23-54)67-45-46-71-73(52-67)79(66-33-18-31-60(48-66)55-24-10-3-11-25-55)74-51-63-30-16-17-35-69(63)75-70-50-62(57-28-14-5-15-29-57)40-47-72(70)80(77(71)76(74)75)68-34-19-32-61(49-68)56-26-12-4-13-27-56/h1-52H. The van der Waals surface area contributed by atoms with E-state index in [-0.39, 0.29) is 6.85 Å². The molecule has 0 aromatic heterocycles. The largest absolute Gasteiger partial charge is 0.376 e. The van der Waals surface area contributed by atoms with Gasteiger partial charge in [-0.25, -0.2) is 0 Å². The summed E-state index contributed by atoms with van der Waals surface area (Å²) >= 11 is 0. The second kappa shape index (κ2) is 19.9. The number of benzene rings is 13. The van der Waals surface area contributed by atoms with Crippen LogP contribution in [0.15, 0.2) is 315 Å². The molecule has 4 heteroatoms. The first-order valence-electron chi connectivity index (χ1n) is 27.6. The molecule has 3 nitrogen and oxygen atoms in total. The highest BCUT2D eigenvalue weighted by molar-refractivity contribution is 6.94. The number of fused-ring (bicyclic) bond motifs is 6. The van der Waals surface area contributed by atoms with Crippen molar-refractivity contribution in [2.45, 2.75) is 0 Å². The SMILES string of the molecule is c1ccc(-c2ccc(N(c3ccc(-c4ccccc4)cc3)c3ccc4c(c3)N(c3cccc(-c5ccccc5)c3)c3cc5ccccc5c5c3B4N(c3cccc(-c4ccccc4)c3)c3ccc(-c4ccccc4)cc3-5)cc2)cc1. The van der Waals surface area contributed by atoms with E-state index < -0.39 is 0 Å². The third kappa shape index (κ3) is 8.25. The zero-order valence-electron chi connectivity index (χ0n) is 43.9. The highest BCUT2D eigenvalue weighted by Crippen LogP contribution is 2.51. The van der Waals surface area contributed by atoms with Crippen LogP contribution in [-0.4, -0.2) is 6.85 Å². The van der Waals surface area contributed by atoms with E-state index in [1.807, 2.05) is 0 Å². The second-order valence-electron chi connectivity index (χ2n) is 20.8. The molecule has 2 aliphatic heterocycles. The van der Waals surface area contributed by atoms with Crippen molar-refractivity contribution in [2.75, 3.05) is 14.6 Å². The van der Waals surface area contributed by atoms with Crippen molar-refractivity contribution in [3.8, 4) is 66.8 Å². The molecule has 2 aliphatic rings. The molecule has 0 amide bonds. The van der Waals surface area contributed by atoms with Crippen molar-refractivity contribution < 1.29 is 0 Å². The van der Waals surface area contributed by atoms with Gasteiger partial charge in [-0.3, -0.25) is 0 Å². The lowest BCUT2D eigenvalue weighted by molar-refractivity contribution is 1.25. The zero-order chi connectivity index (χ0) is 52.9. The summed E-state index contributed by atoms with van der Waals surface area (Å²) in [7, 11) is 0. The summed E-state index contributed by atoms with van der Waals surface area (Å²) in [6, 6.07) is 116. The van der Waals surface area contributed by atoms with Gasteiger partial charge in [0.05, 0.1) is 0 Å². The Bertz CT molecular complexity index is 4310. The summed E-state index contributed by atoms with van der Waals surface area (Å²) in [6.45, 7) is -0.216. The Hall–Kier alpha value is -10.4. The minimum Gasteiger partial charge on any atom is -0.376 e. The first kappa shape index (κ1) is 46.9. The molecule has 13 aromatic rings. The van der Waals surface area contributed by atoms with Gasteiger partial charge in [-0.15, -0.1) is 0 Å². The molecule has 0 aliphatic carbocycles. The lowest BCUT2D eigenvalue weighted by Crippen LogP contribution is -2.61. The van der Waals surface area contributed by atoms with Crippen LogP contribution in [0.2, 0.25) is 0 Å². The van der Waals surface area contributed by atoms with Crippen molar-refractivity contribution in [3.63, 3.8) is 0 Å². The molecule has 0 N–H and O–H groups in total. The Kier molecular flexibility index (Phi) is 11.6. The van der Waals surface area contributed by atoms with Crippen LogP contribution in [-0.2, 0) is 0 Å². The molecular formula is C76H52BN3. The second-order valence-corrected chi connectivity index (χ2v) is 20.8. The van der Waals surface area contributed by atoms with E-state index >= 15 is 0 Å². The molecule has 0 radical (unpaired) electrons. The van der Waals surface area contributed by atoms with Crippen molar-refractivity contribution in [1.29, 1.82) is 0 Å². The van der Waals surface area contributed by atoms with Crippen molar-refractivity contribution >= 4 is 74.0 Å². The molecule has 0 fully saturated rings. The monoisotopic (exact) mass is 1020 g/mol. The highest BCUT2D eigenvalue weighted by Gasteiger charge is 2.46. The van der Waals surface area contributed by atoms with E-state index in [1.165, 1.54) is 88.6 Å². The molecule has 0 atom stereocenters. The smallest absolute Gasteiger partial charge is 0.333 e. The summed E-state index contributed by atoms with van der Waals surface area (Å²) < 4.78 is 0. The molecule has 13 aromatic carbocycles. The van der Waals surface area contributed by atoms with E-state index in [9.17, 15) is 0 Å². The lowest BCUT2D eigenvalue weighted by atomic mass is 9.43. The summed E-state index contributed by atoms with van der Waals surface area (Å²) in [5, 5.41) is 2.43. The molecular weight excluding hydrogens is 966 g/mol.